The van der Waals surface area contributed by atoms with E-state index in [1.54, 1.807) is 0 Å². The third kappa shape index (κ3) is 5.30. The van der Waals surface area contributed by atoms with Gasteiger partial charge in [0.05, 0.1) is 22.8 Å². The first-order valence-corrected chi connectivity index (χ1v) is 19.8. The van der Waals surface area contributed by atoms with Gasteiger partial charge in [-0.15, -0.1) is 0 Å². The minimum atomic E-state index is -0.179. The highest BCUT2D eigenvalue weighted by molar-refractivity contribution is 6.16. The molecule has 272 valence electrons. The Morgan fingerprint density at radius 3 is 1.71 bits per heavy atom. The highest BCUT2D eigenvalue weighted by Gasteiger charge is 2.35. The van der Waals surface area contributed by atoms with Crippen LogP contribution in [0.3, 0.4) is 0 Å². The zero-order valence-corrected chi connectivity index (χ0v) is 32.2. The van der Waals surface area contributed by atoms with Crippen molar-refractivity contribution in [2.45, 2.75) is 19.3 Å². The second kappa shape index (κ2) is 13.0. The molecule has 0 spiro atoms. The summed E-state index contributed by atoms with van der Waals surface area (Å²) in [5.41, 5.74) is 14.5. The highest BCUT2D eigenvalue weighted by Crippen LogP contribution is 2.51. The van der Waals surface area contributed by atoms with Crippen molar-refractivity contribution < 1.29 is 0 Å². The van der Waals surface area contributed by atoms with E-state index in [0.717, 1.165) is 33.5 Å². The number of nitrogens with zero attached hydrogens (tertiary/aromatic N) is 3. The molecule has 0 saturated carbocycles. The molecule has 0 unspecified atom stereocenters. The first kappa shape index (κ1) is 33.8. The number of pyridine rings is 1. The molecule has 9 aromatic carbocycles. The topological polar surface area (TPSA) is 39.9 Å². The van der Waals surface area contributed by atoms with Gasteiger partial charge in [-0.3, -0.25) is 4.98 Å². The average Bonchev–Trinajstić information content (AvgIpc) is 3.51. The third-order valence-electron chi connectivity index (χ3n) is 12.3. The molecule has 0 N–H and O–H groups in total. The SMILES string of the molecule is CC1(C)c2cc(-c3ccc(-c4cccc5cccnc45)cc3)cc3ccc4cc(-c5ccc(N(c6ccc(C#N)cc6)c6cccc7ccccc67)cc5)cc1c4c23. The first-order valence-electron chi connectivity index (χ1n) is 19.8. The molecule has 10 aromatic rings. The maximum atomic E-state index is 9.52. The van der Waals surface area contributed by atoms with Crippen molar-refractivity contribution in [2.75, 3.05) is 4.90 Å². The van der Waals surface area contributed by atoms with Gasteiger partial charge < -0.3 is 4.90 Å². The Kier molecular flexibility index (Phi) is 7.58. The van der Waals surface area contributed by atoms with Crippen molar-refractivity contribution in [3.8, 4) is 39.4 Å². The fraction of sp³-hybridized carbons (Fsp3) is 0.0545. The van der Waals surface area contributed by atoms with E-state index in [1.165, 1.54) is 71.3 Å². The minimum Gasteiger partial charge on any atom is -0.310 e. The zero-order valence-electron chi connectivity index (χ0n) is 32.2. The molecule has 11 rings (SSSR count). The Labute approximate surface area is 337 Å². The minimum absolute atomic E-state index is 0.179. The number of aromatic nitrogens is 1. The Bertz CT molecular complexity index is 3290. The Balaban J connectivity index is 0.958. The smallest absolute Gasteiger partial charge is 0.0991 e. The molecule has 0 radical (unpaired) electrons. The van der Waals surface area contributed by atoms with E-state index in [1.807, 2.05) is 36.5 Å². The van der Waals surface area contributed by atoms with E-state index < -0.39 is 0 Å². The summed E-state index contributed by atoms with van der Waals surface area (Å²) in [5.74, 6) is 0. The molecule has 1 aliphatic carbocycles. The van der Waals surface area contributed by atoms with Gasteiger partial charge >= 0.3 is 0 Å². The van der Waals surface area contributed by atoms with Crippen LogP contribution in [0.2, 0.25) is 0 Å². The number of fused-ring (bicyclic) bond motifs is 2. The van der Waals surface area contributed by atoms with Gasteiger partial charge in [0.25, 0.3) is 0 Å². The number of benzene rings is 9. The van der Waals surface area contributed by atoms with E-state index >= 15 is 0 Å². The van der Waals surface area contributed by atoms with Crippen molar-refractivity contribution in [2.24, 2.45) is 0 Å². The summed E-state index contributed by atoms with van der Waals surface area (Å²) in [7, 11) is 0. The Morgan fingerprint density at radius 2 is 1.03 bits per heavy atom. The van der Waals surface area contributed by atoms with Gasteiger partial charge in [-0.2, -0.15) is 5.26 Å². The summed E-state index contributed by atoms with van der Waals surface area (Å²) < 4.78 is 0. The van der Waals surface area contributed by atoms with Gasteiger partial charge in [-0.25, -0.2) is 0 Å². The van der Waals surface area contributed by atoms with Crippen molar-refractivity contribution >= 4 is 60.3 Å². The Morgan fingerprint density at radius 1 is 0.483 bits per heavy atom. The second-order valence-corrected chi connectivity index (χ2v) is 15.9. The summed E-state index contributed by atoms with van der Waals surface area (Å²) in [6, 6.07) is 67.6. The van der Waals surface area contributed by atoms with Crippen LogP contribution in [-0.2, 0) is 5.41 Å². The second-order valence-electron chi connectivity index (χ2n) is 15.9. The van der Waals surface area contributed by atoms with Crippen LogP contribution in [0.1, 0.15) is 30.5 Å². The molecule has 0 aliphatic heterocycles. The molecule has 3 heteroatoms. The van der Waals surface area contributed by atoms with Crippen LogP contribution in [-0.4, -0.2) is 4.98 Å². The van der Waals surface area contributed by atoms with Crippen molar-refractivity contribution in [3.63, 3.8) is 0 Å². The largest absolute Gasteiger partial charge is 0.310 e. The quantitative estimate of drug-likeness (QED) is 0.159. The lowest BCUT2D eigenvalue weighted by atomic mass is 9.80. The van der Waals surface area contributed by atoms with E-state index in [0.29, 0.717) is 5.56 Å². The molecular weight excluding hydrogens is 703 g/mol. The third-order valence-corrected chi connectivity index (χ3v) is 12.3. The lowest BCUT2D eigenvalue weighted by molar-refractivity contribution is 0.663. The average molecular weight is 740 g/mol. The highest BCUT2D eigenvalue weighted by atomic mass is 15.1. The van der Waals surface area contributed by atoms with Crippen LogP contribution in [0.15, 0.2) is 188 Å². The number of rotatable bonds is 6. The van der Waals surface area contributed by atoms with Crippen molar-refractivity contribution in [3.05, 3.63) is 205 Å². The molecule has 1 aromatic heterocycles. The van der Waals surface area contributed by atoms with Gasteiger partial charge in [0.1, 0.15) is 0 Å². The fourth-order valence-corrected chi connectivity index (χ4v) is 9.29. The van der Waals surface area contributed by atoms with Crippen molar-refractivity contribution in [1.82, 2.24) is 4.98 Å². The number of hydrogen-bond acceptors (Lipinski definition) is 3. The Hall–Kier alpha value is -7.54. The number of hydrogen-bond donors (Lipinski definition) is 0. The van der Waals surface area contributed by atoms with Crippen molar-refractivity contribution in [1.29, 1.82) is 5.26 Å². The normalized spacial score (nSPS) is 12.8. The van der Waals surface area contributed by atoms with Gasteiger partial charge in [0, 0.05) is 39.3 Å². The fourth-order valence-electron chi connectivity index (χ4n) is 9.29. The molecule has 1 heterocycles. The van der Waals surface area contributed by atoms with E-state index in [2.05, 4.69) is 176 Å². The van der Waals surface area contributed by atoms with Crippen LogP contribution in [0, 0.1) is 11.3 Å². The van der Waals surface area contributed by atoms with Gasteiger partial charge in [0.2, 0.25) is 0 Å². The first-order chi connectivity index (χ1) is 28.4. The van der Waals surface area contributed by atoms with E-state index in [4.69, 9.17) is 4.98 Å². The van der Waals surface area contributed by atoms with Gasteiger partial charge in [0.15, 0.2) is 0 Å². The molecule has 3 nitrogen and oxygen atoms in total. The van der Waals surface area contributed by atoms with Gasteiger partial charge in [-0.1, -0.05) is 123 Å². The lowest BCUT2D eigenvalue weighted by Gasteiger charge is -2.27. The zero-order chi connectivity index (χ0) is 39.0. The van der Waals surface area contributed by atoms with Crippen LogP contribution < -0.4 is 4.90 Å². The lowest BCUT2D eigenvalue weighted by Crippen LogP contribution is -2.15. The maximum Gasteiger partial charge on any atom is 0.0991 e. The molecule has 0 bridgehead atoms. The molecule has 0 atom stereocenters. The molecule has 0 saturated heterocycles. The molecular formula is C55H37N3. The summed E-state index contributed by atoms with van der Waals surface area (Å²) in [6.07, 6.45) is 1.87. The van der Waals surface area contributed by atoms with Gasteiger partial charge in [-0.05, 0) is 139 Å². The summed E-state index contributed by atoms with van der Waals surface area (Å²) in [5, 5.41) is 18.3. The van der Waals surface area contributed by atoms with Crippen LogP contribution in [0.25, 0.3) is 76.6 Å². The van der Waals surface area contributed by atoms with E-state index in [-0.39, 0.29) is 5.41 Å². The molecule has 0 amide bonds. The molecule has 58 heavy (non-hydrogen) atoms. The predicted octanol–water partition coefficient (Wildman–Crippen LogP) is 14.7. The van der Waals surface area contributed by atoms with Crippen LogP contribution in [0.5, 0.6) is 0 Å². The van der Waals surface area contributed by atoms with Crippen LogP contribution in [0.4, 0.5) is 17.1 Å². The monoisotopic (exact) mass is 739 g/mol. The maximum absolute atomic E-state index is 9.52. The molecule has 0 fully saturated rings. The number of anilines is 3. The summed E-state index contributed by atoms with van der Waals surface area (Å²) in [4.78, 5) is 6.98. The number of para-hydroxylation sites is 1. The van der Waals surface area contributed by atoms with Crippen LogP contribution >= 0.6 is 0 Å². The van der Waals surface area contributed by atoms with E-state index in [9.17, 15) is 5.26 Å². The summed E-state index contributed by atoms with van der Waals surface area (Å²) in [6.45, 7) is 4.76. The standard InChI is InChI=1S/C55H37N3/c1-55(2)49-32-43(36-17-19-39(20-18-36)48-13-5-10-40-11-7-29-57-54(40)48)30-41-21-22-42-31-44(33-50(55)53(42)52(41)49)37-23-27-46(28-24-37)58(45-25-15-35(34-56)16-26-45)51-14-6-9-38-8-3-4-12-47(38)51/h3-33H,1-2H3. The predicted molar refractivity (Wildman–Crippen MR) is 242 cm³/mol. The number of nitriles is 1. The molecule has 1 aliphatic rings. The summed E-state index contributed by atoms with van der Waals surface area (Å²) >= 11 is 0.